The molecule has 1 aromatic heterocycles. The number of nitrogens with one attached hydrogen (secondary N) is 2. The monoisotopic (exact) mass is 408 g/mol. The maximum absolute atomic E-state index is 12.6. The van der Waals surface area contributed by atoms with E-state index in [0.29, 0.717) is 19.6 Å². The second-order valence-corrected chi connectivity index (χ2v) is 8.65. The third-order valence-electron chi connectivity index (χ3n) is 5.81. The number of carbonyl (C=O) groups excluding carboxylic acids is 2. The van der Waals surface area contributed by atoms with Crippen molar-refractivity contribution >= 4 is 17.6 Å². The van der Waals surface area contributed by atoms with Crippen LogP contribution in [0.1, 0.15) is 38.8 Å². The number of benzene rings is 1. The van der Waals surface area contributed by atoms with Crippen molar-refractivity contribution in [2.75, 3.05) is 18.4 Å². The van der Waals surface area contributed by atoms with E-state index in [4.69, 9.17) is 0 Å². The first kappa shape index (κ1) is 20.2. The molecule has 2 atom stereocenters. The highest BCUT2D eigenvalue weighted by atomic mass is 16.2. The normalized spacial score (nSPS) is 19.9. The average Bonchev–Trinajstić information content (AvgIpc) is 2.68. The third kappa shape index (κ3) is 3.97. The summed E-state index contributed by atoms with van der Waals surface area (Å²) in [5.41, 5.74) is 3.77. The van der Waals surface area contributed by atoms with Gasteiger partial charge >= 0.3 is 6.03 Å². The Morgan fingerprint density at radius 3 is 2.43 bits per heavy atom. The minimum absolute atomic E-state index is 0.0124. The van der Waals surface area contributed by atoms with Crippen LogP contribution in [0.15, 0.2) is 41.2 Å². The number of carbonyl (C=O) groups is 2. The number of urea groups is 1. The van der Waals surface area contributed by atoms with Crippen molar-refractivity contribution in [1.82, 2.24) is 14.8 Å². The summed E-state index contributed by atoms with van der Waals surface area (Å²) in [6, 6.07) is 11.2. The summed E-state index contributed by atoms with van der Waals surface area (Å²) in [6.07, 6.45) is 0.978. The fourth-order valence-corrected chi connectivity index (χ4v) is 4.70. The van der Waals surface area contributed by atoms with Crippen LogP contribution in [0.5, 0.6) is 0 Å². The van der Waals surface area contributed by atoms with E-state index in [9.17, 15) is 14.4 Å². The van der Waals surface area contributed by atoms with E-state index in [2.05, 4.69) is 10.6 Å². The van der Waals surface area contributed by atoms with Crippen LogP contribution in [-0.2, 0) is 11.3 Å². The Kier molecular flexibility index (Phi) is 5.37. The maximum atomic E-state index is 12.6. The van der Waals surface area contributed by atoms with Gasteiger partial charge in [0, 0.05) is 61.5 Å². The number of pyridine rings is 1. The molecule has 2 bridgehead atoms. The highest BCUT2D eigenvalue weighted by molar-refractivity contribution is 5.89. The Bertz CT molecular complexity index is 1030. The summed E-state index contributed by atoms with van der Waals surface area (Å²) in [6.45, 7) is 7.31. The number of piperidine rings is 1. The first-order chi connectivity index (χ1) is 14.3. The molecule has 0 saturated carbocycles. The minimum Gasteiger partial charge on any atom is -0.336 e. The maximum Gasteiger partial charge on any atom is 0.317 e. The van der Waals surface area contributed by atoms with Crippen LogP contribution in [0.4, 0.5) is 10.5 Å². The number of nitrogens with zero attached hydrogens (tertiary/aromatic N) is 2. The molecule has 2 unspecified atom stereocenters. The van der Waals surface area contributed by atoms with Gasteiger partial charge in [0.2, 0.25) is 5.91 Å². The highest BCUT2D eigenvalue weighted by Crippen LogP contribution is 2.40. The van der Waals surface area contributed by atoms with Crippen LogP contribution in [0.2, 0.25) is 0 Å². The summed E-state index contributed by atoms with van der Waals surface area (Å²) in [4.78, 5) is 38.4. The molecule has 2 aliphatic heterocycles. The van der Waals surface area contributed by atoms with Crippen LogP contribution < -0.4 is 16.2 Å². The Morgan fingerprint density at radius 2 is 1.77 bits per heavy atom. The van der Waals surface area contributed by atoms with Gasteiger partial charge in [0.05, 0.1) is 0 Å². The summed E-state index contributed by atoms with van der Waals surface area (Å²) >= 11 is 0. The molecule has 158 valence electrons. The molecule has 2 aliphatic rings. The van der Waals surface area contributed by atoms with Crippen LogP contribution >= 0.6 is 0 Å². The molecular weight excluding hydrogens is 380 g/mol. The molecule has 1 aromatic carbocycles. The van der Waals surface area contributed by atoms with Gasteiger partial charge in [-0.25, -0.2) is 4.79 Å². The molecule has 0 aliphatic carbocycles. The molecule has 1 saturated heterocycles. The van der Waals surface area contributed by atoms with Crippen molar-refractivity contribution in [2.45, 2.75) is 45.7 Å². The van der Waals surface area contributed by atoms with E-state index in [1.807, 2.05) is 53.6 Å². The van der Waals surface area contributed by atoms with Gasteiger partial charge in [-0.05, 0) is 49.9 Å². The van der Waals surface area contributed by atoms with Gasteiger partial charge in [0.1, 0.15) is 0 Å². The molecule has 3 heterocycles. The van der Waals surface area contributed by atoms with E-state index in [-0.39, 0.29) is 35.4 Å². The SMILES string of the molecule is CC(=O)Nc1ccc(-c2ccc(=O)n3c2C2CC(CN(C(=O)NC(C)C)C2)C3)cc1. The van der Waals surface area contributed by atoms with Crippen molar-refractivity contribution in [3.05, 3.63) is 52.4 Å². The van der Waals surface area contributed by atoms with Gasteiger partial charge in [-0.15, -0.1) is 0 Å². The number of fused-ring (bicyclic) bond motifs is 4. The first-order valence-electron chi connectivity index (χ1n) is 10.5. The van der Waals surface area contributed by atoms with Gasteiger partial charge in [-0.3, -0.25) is 9.59 Å². The van der Waals surface area contributed by atoms with E-state index >= 15 is 0 Å². The lowest BCUT2D eigenvalue weighted by Crippen LogP contribution is -2.53. The highest BCUT2D eigenvalue weighted by Gasteiger charge is 2.37. The minimum atomic E-state index is -0.112. The van der Waals surface area contributed by atoms with Gasteiger partial charge in [0.25, 0.3) is 5.56 Å². The second-order valence-electron chi connectivity index (χ2n) is 8.65. The topological polar surface area (TPSA) is 83.4 Å². The van der Waals surface area contributed by atoms with Gasteiger partial charge < -0.3 is 20.1 Å². The lowest BCUT2D eigenvalue weighted by molar-refractivity contribution is -0.114. The van der Waals surface area contributed by atoms with Crippen molar-refractivity contribution in [2.24, 2.45) is 5.92 Å². The Balaban J connectivity index is 1.69. The number of aromatic nitrogens is 1. The quantitative estimate of drug-likeness (QED) is 0.819. The molecule has 2 N–H and O–H groups in total. The number of amides is 3. The van der Waals surface area contributed by atoms with Crippen molar-refractivity contribution in [3.63, 3.8) is 0 Å². The lowest BCUT2D eigenvalue weighted by Gasteiger charge is -2.43. The third-order valence-corrected chi connectivity index (χ3v) is 5.81. The van der Waals surface area contributed by atoms with Crippen molar-refractivity contribution in [1.29, 1.82) is 0 Å². The fourth-order valence-electron chi connectivity index (χ4n) is 4.70. The zero-order valence-electron chi connectivity index (χ0n) is 17.6. The van der Waals surface area contributed by atoms with E-state index in [1.165, 1.54) is 6.92 Å². The van der Waals surface area contributed by atoms with E-state index in [1.54, 1.807) is 6.07 Å². The van der Waals surface area contributed by atoms with Gasteiger partial charge in [-0.2, -0.15) is 0 Å². The van der Waals surface area contributed by atoms with Crippen molar-refractivity contribution in [3.8, 4) is 11.1 Å². The molecule has 1 fully saturated rings. The molecule has 2 aromatic rings. The van der Waals surface area contributed by atoms with Crippen LogP contribution in [0, 0.1) is 5.92 Å². The van der Waals surface area contributed by atoms with Crippen LogP contribution in [0.25, 0.3) is 11.1 Å². The predicted molar refractivity (Wildman–Crippen MR) is 117 cm³/mol. The smallest absolute Gasteiger partial charge is 0.317 e. The molecule has 7 heteroatoms. The Hall–Kier alpha value is -3.09. The number of likely N-dealkylation sites (tertiary alicyclic amines) is 1. The summed E-state index contributed by atoms with van der Waals surface area (Å²) < 4.78 is 1.90. The number of hydrogen-bond acceptors (Lipinski definition) is 3. The second kappa shape index (κ2) is 7.97. The lowest BCUT2D eigenvalue weighted by atomic mass is 9.80. The molecule has 3 amide bonds. The Morgan fingerprint density at radius 1 is 1.03 bits per heavy atom. The Labute approximate surface area is 176 Å². The summed E-state index contributed by atoms with van der Waals surface area (Å²) in [5, 5.41) is 5.77. The summed E-state index contributed by atoms with van der Waals surface area (Å²) in [7, 11) is 0. The zero-order valence-corrected chi connectivity index (χ0v) is 17.6. The largest absolute Gasteiger partial charge is 0.336 e. The zero-order chi connectivity index (χ0) is 21.4. The molecule has 0 radical (unpaired) electrons. The average molecular weight is 409 g/mol. The van der Waals surface area contributed by atoms with Crippen molar-refractivity contribution < 1.29 is 9.59 Å². The van der Waals surface area contributed by atoms with Crippen LogP contribution in [0.3, 0.4) is 0 Å². The van der Waals surface area contributed by atoms with E-state index < -0.39 is 0 Å². The molecule has 7 nitrogen and oxygen atoms in total. The fraction of sp³-hybridized carbons (Fsp3) is 0.435. The van der Waals surface area contributed by atoms with E-state index in [0.717, 1.165) is 28.9 Å². The summed E-state index contributed by atoms with van der Waals surface area (Å²) in [5.74, 6) is 0.290. The molecule has 30 heavy (non-hydrogen) atoms. The molecule has 4 rings (SSSR count). The first-order valence-corrected chi connectivity index (χ1v) is 10.5. The van der Waals surface area contributed by atoms with Gasteiger partial charge in [0.15, 0.2) is 0 Å². The number of anilines is 1. The number of rotatable bonds is 3. The van der Waals surface area contributed by atoms with Crippen LogP contribution in [-0.4, -0.2) is 40.5 Å². The molecular formula is C23H28N4O3. The molecule has 0 spiro atoms. The number of hydrogen-bond donors (Lipinski definition) is 2. The predicted octanol–water partition coefficient (Wildman–Crippen LogP) is 3.01. The van der Waals surface area contributed by atoms with Gasteiger partial charge in [-0.1, -0.05) is 12.1 Å². The standard InChI is InChI=1S/C23H28N4O3/c1-14(2)24-23(30)26-11-16-10-18(13-26)22-20(8-9-21(29)27(22)12-16)17-4-6-19(7-5-17)25-15(3)28/h4-9,14,16,18H,10-13H2,1-3H3,(H,24,30)(H,25,28).